The van der Waals surface area contributed by atoms with Crippen LogP contribution < -0.4 is 10.2 Å². The molecular formula is C20H25N3O3. The Bertz CT molecular complexity index is 736. The first-order valence-electron chi connectivity index (χ1n) is 9.06. The Morgan fingerprint density at radius 1 is 1.23 bits per heavy atom. The number of nitrogens with one attached hydrogen (secondary N) is 1. The molecule has 0 aliphatic carbocycles. The van der Waals surface area contributed by atoms with Crippen molar-refractivity contribution in [2.24, 2.45) is 5.92 Å². The first-order valence-corrected chi connectivity index (χ1v) is 9.06. The number of anilines is 2. The number of carbonyl (C=O) groups is 2. The van der Waals surface area contributed by atoms with Crippen LogP contribution in [0, 0.1) is 5.92 Å². The highest BCUT2D eigenvalue weighted by atomic mass is 16.3. The van der Waals surface area contributed by atoms with Crippen LogP contribution in [0.2, 0.25) is 0 Å². The van der Waals surface area contributed by atoms with Crippen LogP contribution in [0.3, 0.4) is 0 Å². The van der Waals surface area contributed by atoms with Crippen molar-refractivity contribution in [3.63, 3.8) is 0 Å². The largest absolute Gasteiger partial charge is 0.467 e. The average molecular weight is 355 g/mol. The molecular weight excluding hydrogens is 330 g/mol. The van der Waals surface area contributed by atoms with E-state index in [1.165, 1.54) is 0 Å². The molecule has 0 radical (unpaired) electrons. The third-order valence-corrected chi connectivity index (χ3v) is 4.78. The molecule has 1 N–H and O–H groups in total. The van der Waals surface area contributed by atoms with Crippen molar-refractivity contribution in [2.45, 2.75) is 26.8 Å². The molecule has 2 amide bonds. The highest BCUT2D eigenvalue weighted by Crippen LogP contribution is 2.23. The summed E-state index contributed by atoms with van der Waals surface area (Å²) in [6, 6.07) is 11.4. The van der Waals surface area contributed by atoms with Crippen molar-refractivity contribution in [3.05, 3.63) is 48.4 Å². The van der Waals surface area contributed by atoms with Gasteiger partial charge in [-0.2, -0.15) is 0 Å². The lowest BCUT2D eigenvalue weighted by Gasteiger charge is -2.21. The van der Waals surface area contributed by atoms with Gasteiger partial charge in [0, 0.05) is 37.4 Å². The Morgan fingerprint density at radius 3 is 2.58 bits per heavy atom. The lowest BCUT2D eigenvalue weighted by molar-refractivity contribution is -0.128. The van der Waals surface area contributed by atoms with Gasteiger partial charge in [-0.3, -0.25) is 9.59 Å². The summed E-state index contributed by atoms with van der Waals surface area (Å²) in [4.78, 5) is 28.6. The van der Waals surface area contributed by atoms with Crippen molar-refractivity contribution < 1.29 is 14.0 Å². The van der Waals surface area contributed by atoms with E-state index >= 15 is 0 Å². The monoisotopic (exact) mass is 355 g/mol. The molecule has 1 aromatic carbocycles. The molecule has 138 valence electrons. The van der Waals surface area contributed by atoms with Crippen LogP contribution in [0.1, 0.15) is 26.0 Å². The molecule has 6 nitrogen and oxygen atoms in total. The van der Waals surface area contributed by atoms with Gasteiger partial charge >= 0.3 is 0 Å². The van der Waals surface area contributed by atoms with Crippen LogP contribution in [-0.2, 0) is 16.1 Å². The second-order valence-corrected chi connectivity index (χ2v) is 6.46. The molecule has 1 aromatic heterocycles. The van der Waals surface area contributed by atoms with E-state index in [4.69, 9.17) is 4.42 Å². The molecule has 2 heterocycles. The first-order chi connectivity index (χ1) is 12.6. The van der Waals surface area contributed by atoms with Gasteiger partial charge in [0.25, 0.3) is 0 Å². The topological polar surface area (TPSA) is 65.8 Å². The van der Waals surface area contributed by atoms with Crippen LogP contribution >= 0.6 is 0 Å². The number of hydrogen-bond acceptors (Lipinski definition) is 4. The van der Waals surface area contributed by atoms with E-state index < -0.39 is 0 Å². The van der Waals surface area contributed by atoms with Gasteiger partial charge in [-0.1, -0.05) is 0 Å². The van der Waals surface area contributed by atoms with Crippen LogP contribution in [-0.4, -0.2) is 36.3 Å². The summed E-state index contributed by atoms with van der Waals surface area (Å²) in [7, 11) is 0. The summed E-state index contributed by atoms with van der Waals surface area (Å²) in [6.07, 6.45) is 1.83. The Hall–Kier alpha value is -2.76. The molecule has 1 aliphatic rings. The lowest BCUT2D eigenvalue weighted by atomic mass is 10.1. The Kier molecular flexibility index (Phi) is 5.61. The summed E-state index contributed by atoms with van der Waals surface area (Å²) in [5.41, 5.74) is 1.89. The van der Waals surface area contributed by atoms with E-state index in [9.17, 15) is 9.59 Å². The van der Waals surface area contributed by atoms with Gasteiger partial charge in [-0.25, -0.2) is 0 Å². The summed E-state index contributed by atoms with van der Waals surface area (Å²) < 4.78 is 5.29. The van der Waals surface area contributed by atoms with E-state index in [0.717, 1.165) is 30.2 Å². The summed E-state index contributed by atoms with van der Waals surface area (Å²) in [5, 5.41) is 2.93. The minimum absolute atomic E-state index is 0.0153. The third kappa shape index (κ3) is 4.07. The smallest absolute Gasteiger partial charge is 0.229 e. The number of hydrogen-bond donors (Lipinski definition) is 1. The quantitative estimate of drug-likeness (QED) is 0.829. The van der Waals surface area contributed by atoms with Gasteiger partial charge in [0.05, 0.1) is 18.7 Å². The van der Waals surface area contributed by atoms with Gasteiger partial charge in [-0.15, -0.1) is 0 Å². The molecule has 0 spiro atoms. The summed E-state index contributed by atoms with van der Waals surface area (Å²) in [5.74, 6) is 0.264. The second-order valence-electron chi connectivity index (χ2n) is 6.46. The number of likely N-dealkylation sites (tertiary alicyclic amines) is 1. The molecule has 1 saturated heterocycles. The third-order valence-electron chi connectivity index (χ3n) is 4.78. The number of furan rings is 1. The molecule has 1 aliphatic heterocycles. The van der Waals surface area contributed by atoms with E-state index in [-0.39, 0.29) is 24.2 Å². The fraction of sp³-hybridized carbons (Fsp3) is 0.400. The molecule has 3 rings (SSSR count). The zero-order chi connectivity index (χ0) is 18.5. The first kappa shape index (κ1) is 18.0. The van der Waals surface area contributed by atoms with E-state index in [2.05, 4.69) is 24.1 Å². The molecule has 6 heteroatoms. The van der Waals surface area contributed by atoms with Crippen molar-refractivity contribution in [1.82, 2.24) is 4.90 Å². The van der Waals surface area contributed by atoms with Crippen molar-refractivity contribution >= 4 is 23.2 Å². The predicted octanol–water partition coefficient (Wildman–Crippen LogP) is 3.11. The molecule has 2 aromatic rings. The molecule has 0 unspecified atom stereocenters. The highest BCUT2D eigenvalue weighted by molar-refractivity contribution is 5.97. The molecule has 1 atom stereocenters. The van der Waals surface area contributed by atoms with Crippen LogP contribution in [0.25, 0.3) is 0 Å². The van der Waals surface area contributed by atoms with Crippen molar-refractivity contribution in [1.29, 1.82) is 0 Å². The normalized spacial score (nSPS) is 16.8. The molecule has 0 saturated carbocycles. The number of amides is 2. The van der Waals surface area contributed by atoms with E-state index in [1.54, 1.807) is 17.2 Å². The van der Waals surface area contributed by atoms with Crippen LogP contribution in [0.15, 0.2) is 47.1 Å². The van der Waals surface area contributed by atoms with Gasteiger partial charge in [-0.05, 0) is 50.2 Å². The predicted molar refractivity (Wildman–Crippen MR) is 101 cm³/mol. The van der Waals surface area contributed by atoms with Gasteiger partial charge in [0.2, 0.25) is 11.8 Å². The minimum Gasteiger partial charge on any atom is -0.467 e. The lowest BCUT2D eigenvalue weighted by Crippen LogP contribution is -2.28. The second kappa shape index (κ2) is 8.08. The minimum atomic E-state index is -0.333. The van der Waals surface area contributed by atoms with Crippen molar-refractivity contribution in [3.8, 4) is 0 Å². The van der Waals surface area contributed by atoms with Crippen molar-refractivity contribution in [2.75, 3.05) is 29.9 Å². The number of benzene rings is 1. The van der Waals surface area contributed by atoms with Crippen LogP contribution in [0.5, 0.6) is 0 Å². The average Bonchev–Trinajstić information content (AvgIpc) is 3.28. The zero-order valence-corrected chi connectivity index (χ0v) is 15.3. The number of carbonyl (C=O) groups excluding carboxylic acids is 2. The number of rotatable bonds is 7. The van der Waals surface area contributed by atoms with Gasteiger partial charge in [0.15, 0.2) is 0 Å². The molecule has 1 fully saturated rings. The maximum atomic E-state index is 12.5. The number of nitrogens with zero attached hydrogens (tertiary/aromatic N) is 2. The van der Waals surface area contributed by atoms with Gasteiger partial charge < -0.3 is 19.5 Å². The molecule has 26 heavy (non-hydrogen) atoms. The van der Waals surface area contributed by atoms with Crippen LogP contribution in [0.4, 0.5) is 11.4 Å². The summed E-state index contributed by atoms with van der Waals surface area (Å²) in [6.45, 7) is 6.95. The Balaban J connectivity index is 1.57. The Labute approximate surface area is 153 Å². The maximum Gasteiger partial charge on any atom is 0.229 e. The van der Waals surface area contributed by atoms with E-state index in [0.29, 0.717) is 13.1 Å². The Morgan fingerprint density at radius 2 is 1.96 bits per heavy atom. The maximum absolute atomic E-state index is 12.5. The zero-order valence-electron chi connectivity index (χ0n) is 15.3. The standard InChI is InChI=1S/C20H25N3O3/c1-3-22(4-2)17-9-7-16(8-10-17)21-20(25)15-12-19(24)23(13-15)14-18-6-5-11-26-18/h5-11,15H,3-4,12-14H2,1-2H3,(H,21,25)/t15-/m1/s1. The SMILES string of the molecule is CCN(CC)c1ccc(NC(=O)[C@@H]2CC(=O)N(Cc3ccco3)C2)cc1. The van der Waals surface area contributed by atoms with E-state index in [1.807, 2.05) is 30.3 Å². The highest BCUT2D eigenvalue weighted by Gasteiger charge is 2.34. The summed E-state index contributed by atoms with van der Waals surface area (Å²) >= 11 is 0. The fourth-order valence-electron chi connectivity index (χ4n) is 3.28. The fourth-order valence-corrected chi connectivity index (χ4v) is 3.28. The molecule has 0 bridgehead atoms. The van der Waals surface area contributed by atoms with Gasteiger partial charge in [0.1, 0.15) is 5.76 Å².